The highest BCUT2D eigenvalue weighted by Crippen LogP contribution is 2.17. The van der Waals surface area contributed by atoms with Crippen LogP contribution in [0.3, 0.4) is 0 Å². The fourth-order valence-corrected chi connectivity index (χ4v) is 1.60. The number of rotatable bonds is 6. The van der Waals surface area contributed by atoms with Crippen LogP contribution >= 0.6 is 11.6 Å². The van der Waals surface area contributed by atoms with E-state index in [2.05, 4.69) is 5.32 Å². The molecule has 1 amide bonds. The van der Waals surface area contributed by atoms with Crippen molar-refractivity contribution in [1.82, 2.24) is 5.32 Å². The van der Waals surface area contributed by atoms with Gasteiger partial charge in [-0.3, -0.25) is 9.59 Å². The van der Waals surface area contributed by atoms with Crippen molar-refractivity contribution in [2.45, 2.75) is 13.5 Å². The number of benzene rings is 1. The molecule has 0 aliphatic carbocycles. The smallest absolute Gasteiger partial charge is 0.319 e. The number of carbonyl (C=O) groups excluding carboxylic acids is 2. The molecule has 1 rings (SSSR count). The average molecular weight is 271 g/mol. The van der Waals surface area contributed by atoms with Crippen LogP contribution in [0.1, 0.15) is 22.8 Å². The quantitative estimate of drug-likeness (QED) is 0.758. The van der Waals surface area contributed by atoms with Gasteiger partial charge in [-0.25, -0.2) is 0 Å². The number of amides is 1. The Bertz CT molecular complexity index is 449. The van der Waals surface area contributed by atoms with Gasteiger partial charge >= 0.3 is 5.97 Å². The van der Waals surface area contributed by atoms with E-state index in [0.29, 0.717) is 23.7 Å². The number of carbonyl (C=O) groups is 2. The van der Waals surface area contributed by atoms with E-state index >= 15 is 0 Å². The predicted molar refractivity (Wildman–Crippen MR) is 68.3 cm³/mol. The Morgan fingerprint density at radius 3 is 2.72 bits per heavy atom. The van der Waals surface area contributed by atoms with Crippen LogP contribution in [0.25, 0.3) is 0 Å². The fourth-order valence-electron chi connectivity index (χ4n) is 1.36. The molecule has 0 unspecified atom stereocenters. The minimum atomic E-state index is -0.525. The maximum Gasteiger partial charge on any atom is 0.319 e. The van der Waals surface area contributed by atoms with Crippen LogP contribution in [0.2, 0.25) is 5.02 Å². The van der Waals surface area contributed by atoms with Crippen LogP contribution in [-0.4, -0.2) is 25.0 Å². The third-order valence-electron chi connectivity index (χ3n) is 2.23. The molecule has 0 aromatic heterocycles. The third-order valence-corrected chi connectivity index (χ3v) is 2.58. The lowest BCUT2D eigenvalue weighted by Gasteiger charge is -2.07. The van der Waals surface area contributed by atoms with Crippen molar-refractivity contribution >= 4 is 23.5 Å². The van der Waals surface area contributed by atoms with E-state index in [1.54, 1.807) is 19.1 Å². The summed E-state index contributed by atoms with van der Waals surface area (Å²) in [5.41, 5.74) is 6.27. The molecule has 0 aliphatic heterocycles. The number of nitrogens with two attached hydrogens (primary N) is 1. The number of primary amides is 1. The molecule has 1 aromatic rings. The van der Waals surface area contributed by atoms with E-state index in [1.807, 2.05) is 0 Å². The summed E-state index contributed by atoms with van der Waals surface area (Å²) in [6.45, 7) is 2.63. The molecule has 98 valence electrons. The molecule has 18 heavy (non-hydrogen) atoms. The number of hydrogen-bond acceptors (Lipinski definition) is 4. The van der Waals surface area contributed by atoms with Gasteiger partial charge in [-0.2, -0.15) is 0 Å². The molecule has 1 aromatic carbocycles. The van der Waals surface area contributed by atoms with Crippen molar-refractivity contribution in [3.05, 3.63) is 34.3 Å². The molecule has 0 heterocycles. The number of ether oxygens (including phenoxy) is 1. The maximum absolute atomic E-state index is 11.1. The zero-order chi connectivity index (χ0) is 13.5. The van der Waals surface area contributed by atoms with E-state index in [0.717, 1.165) is 5.56 Å². The van der Waals surface area contributed by atoms with E-state index < -0.39 is 5.91 Å². The Kier molecular flexibility index (Phi) is 5.61. The number of halogens is 1. The zero-order valence-electron chi connectivity index (χ0n) is 10.0. The fraction of sp³-hybridized carbons (Fsp3) is 0.333. The molecule has 0 saturated heterocycles. The molecule has 0 bridgehead atoms. The Labute approximate surface area is 110 Å². The van der Waals surface area contributed by atoms with Crippen molar-refractivity contribution in [1.29, 1.82) is 0 Å². The molecule has 0 aliphatic rings. The second-order valence-electron chi connectivity index (χ2n) is 3.58. The standard InChI is InChI=1S/C12H15ClN2O3/c1-2-18-11(16)7-15-6-9-4-3-8(12(14)17)5-10(9)13/h3-5,15H,2,6-7H2,1H3,(H2,14,17). The molecule has 0 spiro atoms. The van der Waals surface area contributed by atoms with Gasteiger partial charge < -0.3 is 15.8 Å². The highest BCUT2D eigenvalue weighted by molar-refractivity contribution is 6.31. The van der Waals surface area contributed by atoms with Gasteiger partial charge in [0.1, 0.15) is 0 Å². The third kappa shape index (κ3) is 4.35. The van der Waals surface area contributed by atoms with Crippen LogP contribution < -0.4 is 11.1 Å². The highest BCUT2D eigenvalue weighted by Gasteiger charge is 2.06. The van der Waals surface area contributed by atoms with Gasteiger partial charge in [0.05, 0.1) is 13.2 Å². The first kappa shape index (κ1) is 14.5. The Morgan fingerprint density at radius 1 is 1.44 bits per heavy atom. The largest absolute Gasteiger partial charge is 0.465 e. The summed E-state index contributed by atoms with van der Waals surface area (Å²) >= 11 is 5.99. The molecule has 0 atom stereocenters. The van der Waals surface area contributed by atoms with Crippen molar-refractivity contribution in [3.63, 3.8) is 0 Å². The summed E-state index contributed by atoms with van der Waals surface area (Å²) in [6.07, 6.45) is 0. The summed E-state index contributed by atoms with van der Waals surface area (Å²) in [7, 11) is 0. The Balaban J connectivity index is 2.53. The molecule has 0 saturated carbocycles. The van der Waals surface area contributed by atoms with Crippen LogP contribution in [0.5, 0.6) is 0 Å². The number of nitrogens with one attached hydrogen (secondary N) is 1. The average Bonchev–Trinajstić information content (AvgIpc) is 2.31. The lowest BCUT2D eigenvalue weighted by Crippen LogP contribution is -2.24. The van der Waals surface area contributed by atoms with E-state index in [-0.39, 0.29) is 12.5 Å². The van der Waals surface area contributed by atoms with Crippen molar-refractivity contribution in [2.24, 2.45) is 5.73 Å². The molecule has 3 N–H and O–H groups in total. The predicted octanol–water partition coefficient (Wildman–Crippen LogP) is 1.09. The molecule has 0 radical (unpaired) electrons. The first-order chi connectivity index (χ1) is 8.54. The zero-order valence-corrected chi connectivity index (χ0v) is 10.8. The van der Waals surface area contributed by atoms with Crippen LogP contribution in [0.15, 0.2) is 18.2 Å². The topological polar surface area (TPSA) is 81.4 Å². The minimum absolute atomic E-state index is 0.113. The first-order valence-corrected chi connectivity index (χ1v) is 5.87. The van der Waals surface area contributed by atoms with E-state index in [9.17, 15) is 9.59 Å². The molecular weight excluding hydrogens is 256 g/mol. The van der Waals surface area contributed by atoms with Crippen LogP contribution in [0, 0.1) is 0 Å². The second kappa shape index (κ2) is 6.98. The van der Waals surface area contributed by atoms with Gasteiger partial charge in [-0.1, -0.05) is 17.7 Å². The second-order valence-corrected chi connectivity index (χ2v) is 3.99. The first-order valence-electron chi connectivity index (χ1n) is 5.49. The Hall–Kier alpha value is -1.59. The van der Waals surface area contributed by atoms with Gasteiger partial charge in [0, 0.05) is 17.1 Å². The van der Waals surface area contributed by atoms with Crippen molar-refractivity contribution in [2.75, 3.05) is 13.2 Å². The highest BCUT2D eigenvalue weighted by atomic mass is 35.5. The summed E-state index contributed by atoms with van der Waals surface area (Å²) < 4.78 is 4.77. The van der Waals surface area contributed by atoms with Crippen LogP contribution in [-0.2, 0) is 16.1 Å². The monoisotopic (exact) mass is 270 g/mol. The normalized spacial score (nSPS) is 10.1. The molecule has 6 heteroatoms. The van der Waals surface area contributed by atoms with Crippen molar-refractivity contribution < 1.29 is 14.3 Å². The Morgan fingerprint density at radius 2 is 2.17 bits per heavy atom. The SMILES string of the molecule is CCOC(=O)CNCc1ccc(C(N)=O)cc1Cl. The number of hydrogen-bond donors (Lipinski definition) is 2. The van der Waals surface area contributed by atoms with Gasteiger partial charge in [-0.15, -0.1) is 0 Å². The maximum atomic E-state index is 11.1. The number of esters is 1. The van der Waals surface area contributed by atoms with Crippen LogP contribution in [0.4, 0.5) is 0 Å². The molecular formula is C12H15ClN2O3. The van der Waals surface area contributed by atoms with Gasteiger partial charge in [0.25, 0.3) is 0 Å². The van der Waals surface area contributed by atoms with Gasteiger partial charge in [-0.05, 0) is 24.6 Å². The lowest BCUT2D eigenvalue weighted by molar-refractivity contribution is -0.142. The molecule has 0 fully saturated rings. The molecule has 5 nitrogen and oxygen atoms in total. The van der Waals surface area contributed by atoms with Crippen molar-refractivity contribution in [3.8, 4) is 0 Å². The summed E-state index contributed by atoms with van der Waals surface area (Å²) in [4.78, 5) is 22.0. The minimum Gasteiger partial charge on any atom is -0.465 e. The van der Waals surface area contributed by atoms with E-state index in [1.165, 1.54) is 6.07 Å². The van der Waals surface area contributed by atoms with E-state index in [4.69, 9.17) is 22.1 Å². The summed E-state index contributed by atoms with van der Waals surface area (Å²) in [5.74, 6) is -0.842. The lowest BCUT2D eigenvalue weighted by atomic mass is 10.1. The summed E-state index contributed by atoms with van der Waals surface area (Å²) in [5, 5.41) is 3.33. The van der Waals surface area contributed by atoms with Gasteiger partial charge in [0.15, 0.2) is 0 Å². The summed E-state index contributed by atoms with van der Waals surface area (Å²) in [6, 6.07) is 4.79. The van der Waals surface area contributed by atoms with Gasteiger partial charge in [0.2, 0.25) is 5.91 Å².